The van der Waals surface area contributed by atoms with Crippen molar-refractivity contribution in [2.45, 2.75) is 25.4 Å². The second-order valence-electron chi connectivity index (χ2n) is 5.58. The highest BCUT2D eigenvalue weighted by Gasteiger charge is 2.35. The number of hydrogen-bond donors (Lipinski definition) is 2. The molecule has 1 amide bonds. The number of carboxylic acids is 1. The van der Waals surface area contributed by atoms with E-state index < -0.39 is 12.0 Å². The lowest BCUT2D eigenvalue weighted by atomic mass is 9.92. The Bertz CT molecular complexity index is 540. The summed E-state index contributed by atoms with van der Waals surface area (Å²) in [5.41, 5.74) is 2.10. The maximum absolute atomic E-state index is 12.4. The van der Waals surface area contributed by atoms with E-state index in [1.54, 1.807) is 0 Å². The van der Waals surface area contributed by atoms with E-state index in [1.165, 1.54) is 4.90 Å². The van der Waals surface area contributed by atoms with Crippen LogP contribution in [0.2, 0.25) is 0 Å². The predicted molar refractivity (Wildman–Crippen MR) is 73.1 cm³/mol. The molecule has 1 atom stereocenters. The fourth-order valence-corrected chi connectivity index (χ4v) is 2.86. The van der Waals surface area contributed by atoms with Gasteiger partial charge >= 0.3 is 5.97 Å². The molecule has 1 fully saturated rings. The standard InChI is InChI=1S/C15H18N2O3/c18-14(5-10-7-16-8-10)17-9-12-4-2-1-3-11(12)6-13(17)15(19)20/h1-4,10,13,16H,5-9H2,(H,19,20). The fraction of sp³-hybridized carbons (Fsp3) is 0.467. The second-order valence-corrected chi connectivity index (χ2v) is 5.58. The molecule has 2 N–H and O–H groups in total. The lowest BCUT2D eigenvalue weighted by Gasteiger charge is -2.36. The van der Waals surface area contributed by atoms with Crippen molar-refractivity contribution in [2.75, 3.05) is 13.1 Å². The number of carbonyl (C=O) groups excluding carboxylic acids is 1. The van der Waals surface area contributed by atoms with E-state index in [1.807, 2.05) is 24.3 Å². The van der Waals surface area contributed by atoms with Crippen molar-refractivity contribution >= 4 is 11.9 Å². The van der Waals surface area contributed by atoms with E-state index >= 15 is 0 Å². The number of fused-ring (bicyclic) bond motifs is 1. The molecular formula is C15H18N2O3. The topological polar surface area (TPSA) is 69.6 Å². The van der Waals surface area contributed by atoms with Gasteiger partial charge in [0.2, 0.25) is 5.91 Å². The molecule has 106 valence electrons. The first-order valence-electron chi connectivity index (χ1n) is 6.95. The smallest absolute Gasteiger partial charge is 0.326 e. The monoisotopic (exact) mass is 274 g/mol. The van der Waals surface area contributed by atoms with Crippen molar-refractivity contribution < 1.29 is 14.7 Å². The van der Waals surface area contributed by atoms with Crippen LogP contribution in [0.1, 0.15) is 17.5 Å². The molecule has 2 heterocycles. The van der Waals surface area contributed by atoms with Gasteiger partial charge in [-0.05, 0) is 30.1 Å². The van der Waals surface area contributed by atoms with Crippen LogP contribution in [-0.4, -0.2) is 41.0 Å². The molecule has 0 radical (unpaired) electrons. The normalized spacial score (nSPS) is 22.0. The van der Waals surface area contributed by atoms with Crippen LogP contribution in [0.15, 0.2) is 24.3 Å². The van der Waals surface area contributed by atoms with Crippen molar-refractivity contribution in [3.05, 3.63) is 35.4 Å². The third kappa shape index (κ3) is 2.41. The van der Waals surface area contributed by atoms with Crippen molar-refractivity contribution in [3.63, 3.8) is 0 Å². The Balaban J connectivity index is 1.80. The Labute approximate surface area is 117 Å². The molecule has 2 aliphatic rings. The number of hydrogen-bond acceptors (Lipinski definition) is 3. The number of benzene rings is 1. The Hall–Kier alpha value is -1.88. The lowest BCUT2D eigenvalue weighted by Crippen LogP contribution is -2.51. The summed E-state index contributed by atoms with van der Waals surface area (Å²) in [6, 6.07) is 7.03. The van der Waals surface area contributed by atoms with Crippen molar-refractivity contribution in [1.29, 1.82) is 0 Å². The Morgan fingerprint density at radius 3 is 2.55 bits per heavy atom. The van der Waals surface area contributed by atoms with Crippen LogP contribution in [-0.2, 0) is 22.6 Å². The van der Waals surface area contributed by atoms with Crippen LogP contribution >= 0.6 is 0 Å². The SMILES string of the molecule is O=C(O)C1Cc2ccccc2CN1C(=O)CC1CNC1. The van der Waals surface area contributed by atoms with Crippen molar-refractivity contribution in [2.24, 2.45) is 5.92 Å². The number of amides is 1. The Morgan fingerprint density at radius 1 is 1.25 bits per heavy atom. The molecule has 2 aliphatic heterocycles. The molecule has 1 unspecified atom stereocenters. The van der Waals surface area contributed by atoms with E-state index in [9.17, 15) is 14.7 Å². The molecule has 0 spiro atoms. The molecule has 1 aromatic carbocycles. The van der Waals surface area contributed by atoms with Gasteiger partial charge in [0, 0.05) is 19.4 Å². The van der Waals surface area contributed by atoms with Gasteiger partial charge in [-0.2, -0.15) is 0 Å². The summed E-state index contributed by atoms with van der Waals surface area (Å²) in [7, 11) is 0. The average molecular weight is 274 g/mol. The minimum Gasteiger partial charge on any atom is -0.480 e. The number of aliphatic carboxylic acids is 1. The quantitative estimate of drug-likeness (QED) is 0.848. The molecule has 20 heavy (non-hydrogen) atoms. The summed E-state index contributed by atoms with van der Waals surface area (Å²) in [4.78, 5) is 25.3. The number of carbonyl (C=O) groups is 2. The predicted octanol–water partition coefficient (Wildman–Crippen LogP) is 0.634. The average Bonchev–Trinajstić information content (AvgIpc) is 2.41. The minimum absolute atomic E-state index is 0.0431. The van der Waals surface area contributed by atoms with Crippen LogP contribution in [0.25, 0.3) is 0 Å². The van der Waals surface area contributed by atoms with Gasteiger partial charge in [0.1, 0.15) is 6.04 Å². The second kappa shape index (κ2) is 5.25. The summed E-state index contributed by atoms with van der Waals surface area (Å²) >= 11 is 0. The summed E-state index contributed by atoms with van der Waals surface area (Å²) < 4.78 is 0. The Morgan fingerprint density at radius 2 is 1.95 bits per heavy atom. The van der Waals surface area contributed by atoms with Crippen molar-refractivity contribution in [3.8, 4) is 0 Å². The highest BCUT2D eigenvalue weighted by molar-refractivity contribution is 5.84. The summed E-state index contributed by atoms with van der Waals surface area (Å²) in [5.74, 6) is -0.605. The largest absolute Gasteiger partial charge is 0.480 e. The van der Waals surface area contributed by atoms with Gasteiger partial charge in [-0.1, -0.05) is 24.3 Å². The molecule has 1 saturated heterocycles. The first-order chi connectivity index (χ1) is 9.65. The van der Waals surface area contributed by atoms with Gasteiger partial charge < -0.3 is 15.3 Å². The molecule has 0 bridgehead atoms. The van der Waals surface area contributed by atoms with E-state index in [0.29, 0.717) is 25.3 Å². The van der Waals surface area contributed by atoms with Crippen LogP contribution < -0.4 is 5.32 Å². The van der Waals surface area contributed by atoms with E-state index in [0.717, 1.165) is 24.2 Å². The number of nitrogens with zero attached hydrogens (tertiary/aromatic N) is 1. The Kier molecular flexibility index (Phi) is 3.44. The first-order valence-corrected chi connectivity index (χ1v) is 6.95. The highest BCUT2D eigenvalue weighted by atomic mass is 16.4. The molecule has 1 aromatic rings. The molecule has 5 heteroatoms. The summed E-state index contributed by atoms with van der Waals surface area (Å²) in [6.07, 6.45) is 0.846. The fourth-order valence-electron chi connectivity index (χ4n) is 2.86. The molecule has 0 saturated carbocycles. The third-order valence-corrected chi connectivity index (χ3v) is 4.18. The van der Waals surface area contributed by atoms with Crippen LogP contribution in [0.3, 0.4) is 0 Å². The molecular weight excluding hydrogens is 256 g/mol. The van der Waals surface area contributed by atoms with Gasteiger partial charge in [-0.3, -0.25) is 4.79 Å². The summed E-state index contributed by atoms with van der Waals surface area (Å²) in [6.45, 7) is 2.12. The number of nitrogens with one attached hydrogen (secondary N) is 1. The van der Waals surface area contributed by atoms with Crippen molar-refractivity contribution in [1.82, 2.24) is 10.2 Å². The lowest BCUT2D eigenvalue weighted by molar-refractivity contribution is -0.152. The van der Waals surface area contributed by atoms with Crippen LogP contribution in [0, 0.1) is 5.92 Å². The van der Waals surface area contributed by atoms with E-state index in [-0.39, 0.29) is 5.91 Å². The van der Waals surface area contributed by atoms with Gasteiger partial charge in [-0.25, -0.2) is 4.79 Å². The molecule has 5 nitrogen and oxygen atoms in total. The zero-order valence-corrected chi connectivity index (χ0v) is 11.2. The zero-order valence-electron chi connectivity index (χ0n) is 11.2. The van der Waals surface area contributed by atoms with Crippen LogP contribution in [0.5, 0.6) is 0 Å². The third-order valence-electron chi connectivity index (χ3n) is 4.18. The van der Waals surface area contributed by atoms with Gasteiger partial charge in [0.25, 0.3) is 0 Å². The molecule has 0 aromatic heterocycles. The number of rotatable bonds is 3. The van der Waals surface area contributed by atoms with E-state index in [4.69, 9.17) is 0 Å². The first kappa shape index (κ1) is 13.1. The highest BCUT2D eigenvalue weighted by Crippen LogP contribution is 2.25. The maximum atomic E-state index is 12.4. The number of carboxylic acid groups (broad SMARTS) is 1. The zero-order chi connectivity index (χ0) is 14.1. The van der Waals surface area contributed by atoms with E-state index in [2.05, 4.69) is 5.32 Å². The van der Waals surface area contributed by atoms with Gasteiger partial charge in [0.05, 0.1) is 0 Å². The molecule has 3 rings (SSSR count). The maximum Gasteiger partial charge on any atom is 0.326 e. The van der Waals surface area contributed by atoms with Gasteiger partial charge in [0.15, 0.2) is 0 Å². The van der Waals surface area contributed by atoms with Crippen LogP contribution in [0.4, 0.5) is 0 Å². The minimum atomic E-state index is -0.917. The summed E-state index contributed by atoms with van der Waals surface area (Å²) in [5, 5.41) is 12.5. The van der Waals surface area contributed by atoms with Gasteiger partial charge in [-0.15, -0.1) is 0 Å². The molecule has 0 aliphatic carbocycles.